The molecule has 0 aliphatic heterocycles. The number of rotatable bonds is 7. The predicted octanol–water partition coefficient (Wildman–Crippen LogP) is 0.0179. The van der Waals surface area contributed by atoms with E-state index in [-0.39, 0.29) is 41.9 Å². The molecule has 0 saturated carbocycles. The van der Waals surface area contributed by atoms with Gasteiger partial charge in [-0.05, 0) is 17.8 Å². The Kier molecular flexibility index (Phi) is 10.9. The molecule has 8 nitrogen and oxygen atoms in total. The van der Waals surface area contributed by atoms with Gasteiger partial charge in [-0.25, -0.2) is 4.79 Å². The minimum absolute atomic E-state index is 0. The summed E-state index contributed by atoms with van der Waals surface area (Å²) in [5.41, 5.74) is 1.85. The fraction of sp³-hybridized carbons (Fsp3) is 0.0500. The van der Waals surface area contributed by atoms with Crippen molar-refractivity contribution in [2.45, 2.75) is 0 Å². The topological polar surface area (TPSA) is 123 Å². The third-order valence-electron chi connectivity index (χ3n) is 3.19. The van der Waals surface area contributed by atoms with Gasteiger partial charge in [0.1, 0.15) is 11.5 Å². The molecule has 3 aromatic rings. The van der Waals surface area contributed by atoms with Crippen LogP contribution in [-0.4, -0.2) is 35.6 Å². The molecule has 0 radical (unpaired) electrons. The van der Waals surface area contributed by atoms with Crippen LogP contribution in [0, 0.1) is 6.42 Å². The molecule has 0 bridgehead atoms. The third-order valence-corrected chi connectivity index (χ3v) is 3.59. The molecule has 0 aliphatic carbocycles. The minimum Gasteiger partial charge on any atom is -0.484 e. The first-order valence-corrected chi connectivity index (χ1v) is 9.61. The first-order valence-electron chi connectivity index (χ1n) is 8.24. The van der Waals surface area contributed by atoms with Gasteiger partial charge >= 0.3 is 45.9 Å². The molecular formula is C20H18NNaO7S. The molecule has 2 aromatic carbocycles. The normalized spacial score (nSPS) is 9.90. The second-order valence-electron chi connectivity index (χ2n) is 5.47. The fourth-order valence-corrected chi connectivity index (χ4v) is 2.39. The van der Waals surface area contributed by atoms with E-state index in [0.29, 0.717) is 5.75 Å². The summed E-state index contributed by atoms with van der Waals surface area (Å²) in [6.45, 7) is -0.330. The van der Waals surface area contributed by atoms with Gasteiger partial charge in [0.25, 0.3) is 0 Å². The maximum absolute atomic E-state index is 10.3. The van der Waals surface area contributed by atoms with E-state index in [1.54, 1.807) is 36.5 Å². The van der Waals surface area contributed by atoms with Gasteiger partial charge in [0.2, 0.25) is 0 Å². The summed E-state index contributed by atoms with van der Waals surface area (Å²) in [4.78, 5) is 14.5. The molecule has 152 valence electrons. The number of hydrogen-bond donors (Lipinski definition) is 2. The summed E-state index contributed by atoms with van der Waals surface area (Å²) in [7, 11) is -4.38. The summed E-state index contributed by atoms with van der Waals surface area (Å²) >= 11 is 0. The molecule has 0 amide bonds. The predicted molar refractivity (Wildman–Crippen MR) is 105 cm³/mol. The van der Waals surface area contributed by atoms with Crippen molar-refractivity contribution in [2.75, 3.05) is 6.61 Å². The molecule has 30 heavy (non-hydrogen) atoms. The second kappa shape index (κ2) is 12.9. The number of nitrogens with zero attached hydrogens (tertiary/aromatic N) is 1. The van der Waals surface area contributed by atoms with Crippen LogP contribution in [0.4, 0.5) is 0 Å². The van der Waals surface area contributed by atoms with Gasteiger partial charge in [-0.2, -0.15) is 8.42 Å². The Labute approximate surface area is 196 Å². The molecule has 10 heteroatoms. The van der Waals surface area contributed by atoms with Gasteiger partial charge < -0.3 is 14.0 Å². The zero-order chi connectivity index (χ0) is 21.1. The van der Waals surface area contributed by atoms with Crippen LogP contribution in [0.15, 0.2) is 79.0 Å². The van der Waals surface area contributed by atoms with E-state index < -0.39 is 16.4 Å². The zero-order valence-corrected chi connectivity index (χ0v) is 18.9. The van der Waals surface area contributed by atoms with Crippen molar-refractivity contribution in [1.82, 2.24) is 4.98 Å². The van der Waals surface area contributed by atoms with E-state index in [0.717, 1.165) is 11.3 Å². The Morgan fingerprint density at radius 1 is 0.933 bits per heavy atom. The van der Waals surface area contributed by atoms with Crippen molar-refractivity contribution in [3.8, 4) is 11.5 Å². The van der Waals surface area contributed by atoms with Gasteiger partial charge in [0.15, 0.2) is 6.61 Å². The quantitative estimate of drug-likeness (QED) is 0.300. The number of carboxylic acids is 1. The molecule has 3 rings (SSSR count). The van der Waals surface area contributed by atoms with Crippen LogP contribution in [0.1, 0.15) is 11.3 Å². The van der Waals surface area contributed by atoms with Crippen LogP contribution >= 0.6 is 0 Å². The van der Waals surface area contributed by atoms with Gasteiger partial charge in [0.05, 0.1) is 0 Å². The molecule has 2 N–H and O–H groups in total. The van der Waals surface area contributed by atoms with E-state index in [4.69, 9.17) is 14.4 Å². The number of benzene rings is 2. The van der Waals surface area contributed by atoms with Crippen LogP contribution in [0.5, 0.6) is 11.5 Å². The number of pyridine rings is 1. The van der Waals surface area contributed by atoms with Gasteiger partial charge in [-0.1, -0.05) is 42.5 Å². The summed E-state index contributed by atoms with van der Waals surface area (Å²) in [5.74, 6) is -0.357. The van der Waals surface area contributed by atoms with Crippen LogP contribution in [0.25, 0.3) is 0 Å². The molecule has 0 fully saturated rings. The van der Waals surface area contributed by atoms with Crippen molar-refractivity contribution in [2.24, 2.45) is 0 Å². The standard InChI is InChI=1S/C14H12NO3.C6H6O4S.Na/c16-14(17)10-18-13-6-4-11(5-7-13)9-12-3-1-2-8-15-12;7-11(8,9)10-6-4-2-1-3-5-6;/h1-9H,10H2,(H,16,17);1-5H,(H,7,8,9);/q-1;;+1. The Morgan fingerprint density at radius 2 is 1.57 bits per heavy atom. The van der Waals surface area contributed by atoms with E-state index in [1.165, 1.54) is 12.1 Å². The second-order valence-corrected chi connectivity index (χ2v) is 6.50. The van der Waals surface area contributed by atoms with Crippen LogP contribution < -0.4 is 38.5 Å². The fourth-order valence-electron chi connectivity index (χ4n) is 2.04. The van der Waals surface area contributed by atoms with Crippen LogP contribution in [0.3, 0.4) is 0 Å². The first-order chi connectivity index (χ1) is 13.8. The smallest absolute Gasteiger partial charge is 0.484 e. The Morgan fingerprint density at radius 3 is 2.10 bits per heavy atom. The Balaban J connectivity index is 0.000000324. The molecule has 0 saturated heterocycles. The number of carboxylic acid groups (broad SMARTS) is 1. The number of aromatic nitrogens is 1. The zero-order valence-electron chi connectivity index (χ0n) is 16.1. The molecule has 0 atom stereocenters. The van der Waals surface area contributed by atoms with Gasteiger partial charge in [-0.3, -0.25) is 9.54 Å². The van der Waals surface area contributed by atoms with E-state index in [2.05, 4.69) is 9.17 Å². The summed E-state index contributed by atoms with van der Waals surface area (Å²) < 4.78 is 37.7. The molecule has 0 unspecified atom stereocenters. The maximum Gasteiger partial charge on any atom is 1.00 e. The summed E-state index contributed by atoms with van der Waals surface area (Å²) in [6.07, 6.45) is 3.66. The SMILES string of the molecule is O=C(O)COc1ccc([CH-]c2ccccn2)cc1.O=S(=O)(O)Oc1ccccc1.[Na+]. The first kappa shape index (κ1) is 25.5. The van der Waals surface area contributed by atoms with Crippen molar-refractivity contribution in [3.05, 3.63) is 96.7 Å². The van der Waals surface area contributed by atoms with Crippen molar-refractivity contribution >= 4 is 16.4 Å². The monoisotopic (exact) mass is 439 g/mol. The molecule has 1 aromatic heterocycles. The van der Waals surface area contributed by atoms with E-state index in [1.807, 2.05) is 36.8 Å². The Bertz CT molecular complexity index is 998. The Hall–Kier alpha value is -2.56. The summed E-state index contributed by atoms with van der Waals surface area (Å²) in [6, 6.07) is 20.6. The van der Waals surface area contributed by atoms with Crippen LogP contribution in [-0.2, 0) is 15.2 Å². The number of hydrogen-bond acceptors (Lipinski definition) is 6. The largest absolute Gasteiger partial charge is 1.00 e. The van der Waals surface area contributed by atoms with Gasteiger partial charge in [0, 0.05) is 6.20 Å². The minimum atomic E-state index is -4.38. The number of para-hydroxylation sites is 1. The molecule has 0 spiro atoms. The van der Waals surface area contributed by atoms with Crippen LogP contribution in [0.2, 0.25) is 0 Å². The van der Waals surface area contributed by atoms with E-state index in [9.17, 15) is 13.2 Å². The molecular weight excluding hydrogens is 421 g/mol. The maximum atomic E-state index is 10.3. The van der Waals surface area contributed by atoms with Crippen molar-refractivity contribution < 1.29 is 61.3 Å². The average molecular weight is 439 g/mol. The molecule has 0 aliphatic rings. The van der Waals surface area contributed by atoms with Crippen molar-refractivity contribution in [1.29, 1.82) is 0 Å². The number of carbonyl (C=O) groups is 1. The third kappa shape index (κ3) is 10.8. The summed E-state index contributed by atoms with van der Waals surface area (Å²) in [5, 5.41) is 8.48. The van der Waals surface area contributed by atoms with Gasteiger partial charge in [-0.15, -0.1) is 30.2 Å². The average Bonchev–Trinajstić information content (AvgIpc) is 2.68. The van der Waals surface area contributed by atoms with E-state index >= 15 is 0 Å². The number of ether oxygens (including phenoxy) is 1. The number of aliphatic carboxylic acids is 1. The van der Waals surface area contributed by atoms with Crippen molar-refractivity contribution in [3.63, 3.8) is 0 Å². The molecule has 1 heterocycles.